The Morgan fingerprint density at radius 1 is 1.04 bits per heavy atom. The van der Waals surface area contributed by atoms with Crippen LogP contribution in [0.15, 0.2) is 24.3 Å². The summed E-state index contributed by atoms with van der Waals surface area (Å²) in [6.07, 6.45) is 7.68. The Morgan fingerprint density at radius 2 is 1.64 bits per heavy atom. The van der Waals surface area contributed by atoms with E-state index in [9.17, 15) is 13.2 Å². The summed E-state index contributed by atoms with van der Waals surface area (Å²) in [5.74, 6) is 0. The number of urea groups is 1. The zero-order chi connectivity index (χ0) is 17.9. The van der Waals surface area contributed by atoms with Gasteiger partial charge in [-0.05, 0) is 30.9 Å². The van der Waals surface area contributed by atoms with Crippen molar-refractivity contribution in [2.24, 2.45) is 0 Å². The molecular formula is C19H28N2O3S. The van der Waals surface area contributed by atoms with Crippen molar-refractivity contribution in [1.29, 1.82) is 0 Å². The lowest BCUT2D eigenvalue weighted by Gasteiger charge is -2.24. The molecule has 25 heavy (non-hydrogen) atoms. The van der Waals surface area contributed by atoms with Crippen molar-refractivity contribution in [3.8, 4) is 0 Å². The minimum atomic E-state index is -3.63. The number of carbonyl (C=O) groups excluding carboxylic acids is 1. The van der Waals surface area contributed by atoms with Gasteiger partial charge in [-0.25, -0.2) is 17.9 Å². The first-order chi connectivity index (χ1) is 12.0. The van der Waals surface area contributed by atoms with Gasteiger partial charge in [-0.3, -0.25) is 0 Å². The van der Waals surface area contributed by atoms with E-state index in [1.165, 1.54) is 12.8 Å². The molecule has 1 unspecified atom stereocenters. The molecule has 2 amide bonds. The number of sulfonamides is 1. The molecule has 1 saturated carbocycles. The van der Waals surface area contributed by atoms with Gasteiger partial charge in [0.15, 0.2) is 0 Å². The lowest BCUT2D eigenvalue weighted by atomic mass is 10.1. The van der Waals surface area contributed by atoms with Crippen LogP contribution in [-0.2, 0) is 16.6 Å². The third kappa shape index (κ3) is 4.17. The molecule has 0 saturated heterocycles. The lowest BCUT2D eigenvalue weighted by Crippen LogP contribution is -2.45. The van der Waals surface area contributed by atoms with E-state index >= 15 is 0 Å². The average Bonchev–Trinajstić information content (AvgIpc) is 2.98. The van der Waals surface area contributed by atoms with Crippen LogP contribution in [0.5, 0.6) is 0 Å². The van der Waals surface area contributed by atoms with Gasteiger partial charge in [0.2, 0.25) is 10.0 Å². The molecule has 1 fully saturated rings. The Kier molecular flexibility index (Phi) is 5.67. The van der Waals surface area contributed by atoms with E-state index in [1.54, 1.807) is 4.90 Å². The quantitative estimate of drug-likeness (QED) is 0.859. The minimum absolute atomic E-state index is 0.105. The number of nitrogens with one attached hydrogen (secondary N) is 1. The van der Waals surface area contributed by atoms with Crippen LogP contribution >= 0.6 is 0 Å². The fourth-order valence-electron chi connectivity index (χ4n) is 3.99. The number of amides is 2. The molecule has 5 nitrogen and oxygen atoms in total. The number of carbonyl (C=O) groups is 1. The van der Waals surface area contributed by atoms with Crippen LogP contribution in [0.4, 0.5) is 4.79 Å². The second-order valence-corrected chi connectivity index (χ2v) is 9.24. The molecule has 1 atom stereocenters. The summed E-state index contributed by atoms with van der Waals surface area (Å²) in [5.41, 5.74) is 2.18. The number of rotatable bonds is 2. The summed E-state index contributed by atoms with van der Waals surface area (Å²) >= 11 is 0. The van der Waals surface area contributed by atoms with Crippen molar-refractivity contribution in [1.82, 2.24) is 9.62 Å². The van der Waals surface area contributed by atoms with E-state index in [4.69, 9.17) is 0 Å². The maximum absolute atomic E-state index is 12.8. The van der Waals surface area contributed by atoms with E-state index in [1.807, 2.05) is 31.2 Å². The largest absolute Gasteiger partial charge is 0.331 e. The highest BCUT2D eigenvalue weighted by Gasteiger charge is 2.34. The number of hydrogen-bond acceptors (Lipinski definition) is 3. The Labute approximate surface area is 150 Å². The fraction of sp³-hybridized carbons (Fsp3) is 0.632. The second kappa shape index (κ2) is 7.77. The van der Waals surface area contributed by atoms with E-state index in [0.717, 1.165) is 36.8 Å². The second-order valence-electron chi connectivity index (χ2n) is 7.28. The lowest BCUT2D eigenvalue weighted by molar-refractivity contribution is 0.190. The van der Waals surface area contributed by atoms with Gasteiger partial charge in [0, 0.05) is 6.54 Å². The first-order valence-corrected chi connectivity index (χ1v) is 10.9. The SMILES string of the molecule is CC1c2ccccc2CN1C(=O)NS(=O)(=O)C1CCCCCCCC1. The molecule has 138 valence electrons. The van der Waals surface area contributed by atoms with Crippen molar-refractivity contribution in [3.63, 3.8) is 0 Å². The predicted octanol–water partition coefficient (Wildman–Crippen LogP) is 4.11. The van der Waals surface area contributed by atoms with E-state index in [0.29, 0.717) is 19.4 Å². The van der Waals surface area contributed by atoms with E-state index < -0.39 is 21.3 Å². The highest BCUT2D eigenvalue weighted by molar-refractivity contribution is 7.90. The third-order valence-corrected chi connectivity index (χ3v) is 7.35. The van der Waals surface area contributed by atoms with Crippen LogP contribution in [0.1, 0.15) is 75.5 Å². The predicted molar refractivity (Wildman–Crippen MR) is 98.6 cm³/mol. The monoisotopic (exact) mass is 364 g/mol. The zero-order valence-corrected chi connectivity index (χ0v) is 15.7. The van der Waals surface area contributed by atoms with Crippen molar-refractivity contribution in [2.75, 3.05) is 0 Å². The van der Waals surface area contributed by atoms with Crippen LogP contribution in [0.2, 0.25) is 0 Å². The third-order valence-electron chi connectivity index (χ3n) is 5.54. The van der Waals surface area contributed by atoms with Crippen molar-refractivity contribution in [2.45, 2.75) is 76.1 Å². The number of benzene rings is 1. The van der Waals surface area contributed by atoms with Crippen molar-refractivity contribution < 1.29 is 13.2 Å². The molecular weight excluding hydrogens is 336 g/mol. The molecule has 6 heteroatoms. The maximum atomic E-state index is 12.8. The Hall–Kier alpha value is -1.56. The van der Waals surface area contributed by atoms with E-state index in [-0.39, 0.29) is 6.04 Å². The first kappa shape index (κ1) is 18.2. The van der Waals surface area contributed by atoms with Gasteiger partial charge in [-0.2, -0.15) is 0 Å². The van der Waals surface area contributed by atoms with Crippen LogP contribution in [0.3, 0.4) is 0 Å². The van der Waals surface area contributed by atoms with Gasteiger partial charge in [0.1, 0.15) is 0 Å². The van der Waals surface area contributed by atoms with Gasteiger partial charge in [-0.15, -0.1) is 0 Å². The van der Waals surface area contributed by atoms with Crippen LogP contribution in [-0.4, -0.2) is 24.6 Å². The molecule has 1 N–H and O–H groups in total. The summed E-state index contributed by atoms with van der Waals surface area (Å²) in [6.45, 7) is 2.40. The molecule has 1 aromatic rings. The molecule has 0 spiro atoms. The summed E-state index contributed by atoms with van der Waals surface area (Å²) in [6, 6.07) is 7.29. The average molecular weight is 365 g/mol. The summed E-state index contributed by atoms with van der Waals surface area (Å²) < 4.78 is 27.9. The zero-order valence-electron chi connectivity index (χ0n) is 14.9. The van der Waals surface area contributed by atoms with Crippen LogP contribution < -0.4 is 4.72 Å². The summed E-state index contributed by atoms with van der Waals surface area (Å²) in [7, 11) is -3.63. The molecule has 3 rings (SSSR count). The Morgan fingerprint density at radius 3 is 2.28 bits per heavy atom. The first-order valence-electron chi connectivity index (χ1n) is 9.39. The smallest absolute Gasteiger partial charge is 0.313 e. The van der Waals surface area contributed by atoms with Crippen LogP contribution in [0, 0.1) is 0 Å². The van der Waals surface area contributed by atoms with Gasteiger partial charge in [0.25, 0.3) is 0 Å². The molecule has 1 heterocycles. The Balaban J connectivity index is 1.67. The number of hydrogen-bond donors (Lipinski definition) is 1. The van der Waals surface area contributed by atoms with Crippen molar-refractivity contribution >= 4 is 16.1 Å². The van der Waals surface area contributed by atoms with Crippen molar-refractivity contribution in [3.05, 3.63) is 35.4 Å². The number of nitrogens with zero attached hydrogens (tertiary/aromatic N) is 1. The molecule has 0 aromatic heterocycles. The fourth-order valence-corrected chi connectivity index (χ4v) is 5.47. The molecule has 0 bridgehead atoms. The van der Waals surface area contributed by atoms with Gasteiger partial charge in [0.05, 0.1) is 11.3 Å². The molecule has 2 aliphatic rings. The Bertz CT molecular complexity index is 707. The maximum Gasteiger partial charge on any atom is 0.331 e. The molecule has 0 radical (unpaired) electrons. The van der Waals surface area contributed by atoms with E-state index in [2.05, 4.69) is 4.72 Å². The van der Waals surface area contributed by atoms with Crippen LogP contribution in [0.25, 0.3) is 0 Å². The van der Waals surface area contributed by atoms with Gasteiger partial charge >= 0.3 is 6.03 Å². The standard InChI is InChI=1S/C19H28N2O3S/c1-15-18-13-9-8-10-16(18)14-21(15)19(22)20-25(23,24)17-11-6-4-2-3-5-7-12-17/h8-10,13,15,17H,2-7,11-12,14H2,1H3,(H,20,22). The molecule has 1 aliphatic heterocycles. The van der Waals surface area contributed by atoms with Gasteiger partial charge < -0.3 is 4.90 Å². The molecule has 1 aromatic carbocycles. The topological polar surface area (TPSA) is 66.5 Å². The highest BCUT2D eigenvalue weighted by Crippen LogP contribution is 2.33. The summed E-state index contributed by atoms with van der Waals surface area (Å²) in [4.78, 5) is 14.2. The van der Waals surface area contributed by atoms with Gasteiger partial charge in [-0.1, -0.05) is 62.8 Å². The minimum Gasteiger partial charge on any atom is -0.313 e. The molecule has 1 aliphatic carbocycles. The number of fused-ring (bicyclic) bond motifs is 1. The summed E-state index contributed by atoms with van der Waals surface area (Å²) in [5, 5.41) is -0.449. The highest BCUT2D eigenvalue weighted by atomic mass is 32.2. The normalized spacial score (nSPS) is 22.6.